The lowest BCUT2D eigenvalue weighted by molar-refractivity contribution is 0.0521. The van der Waals surface area contributed by atoms with Gasteiger partial charge in [-0.25, -0.2) is 9.59 Å². The molecule has 21 heavy (non-hydrogen) atoms. The monoisotopic (exact) mass is 340 g/mol. The van der Waals surface area contributed by atoms with Gasteiger partial charge >= 0.3 is 11.9 Å². The third-order valence-corrected chi connectivity index (χ3v) is 6.52. The van der Waals surface area contributed by atoms with E-state index < -0.39 is 0 Å². The van der Waals surface area contributed by atoms with Crippen LogP contribution in [0.4, 0.5) is 0 Å². The molecule has 0 N–H and O–H groups in total. The van der Waals surface area contributed by atoms with Gasteiger partial charge in [-0.05, 0) is 19.9 Å². The molecule has 0 aliphatic rings. The van der Waals surface area contributed by atoms with Gasteiger partial charge in [-0.1, -0.05) is 0 Å². The minimum Gasteiger partial charge on any atom is -0.462 e. The number of thiophene rings is 3. The lowest BCUT2D eigenvalue weighted by atomic mass is 10.3. The highest BCUT2D eigenvalue weighted by Crippen LogP contribution is 2.44. The Bertz CT molecular complexity index is 824. The van der Waals surface area contributed by atoms with E-state index in [1.807, 2.05) is 11.4 Å². The van der Waals surface area contributed by atoms with Crippen molar-refractivity contribution in [3.05, 3.63) is 21.9 Å². The summed E-state index contributed by atoms with van der Waals surface area (Å²) < 4.78 is 14.1. The summed E-state index contributed by atoms with van der Waals surface area (Å²) in [7, 11) is 0. The van der Waals surface area contributed by atoms with E-state index in [1.165, 1.54) is 34.0 Å². The van der Waals surface area contributed by atoms with Crippen molar-refractivity contribution in [2.45, 2.75) is 13.8 Å². The molecule has 0 fully saturated rings. The molecule has 0 unspecified atom stereocenters. The molecule has 0 spiro atoms. The van der Waals surface area contributed by atoms with Crippen molar-refractivity contribution in [1.82, 2.24) is 0 Å². The number of hydrogen-bond donors (Lipinski definition) is 0. The second-order valence-corrected chi connectivity index (χ2v) is 7.14. The van der Waals surface area contributed by atoms with Gasteiger partial charge in [0.25, 0.3) is 0 Å². The molecule has 3 heterocycles. The molecule has 3 rings (SSSR count). The number of fused-ring (bicyclic) bond motifs is 3. The van der Waals surface area contributed by atoms with E-state index in [1.54, 1.807) is 13.8 Å². The Morgan fingerprint density at radius 3 is 2.43 bits per heavy atom. The van der Waals surface area contributed by atoms with Gasteiger partial charge in [0, 0.05) is 10.1 Å². The quantitative estimate of drug-likeness (QED) is 0.655. The highest BCUT2D eigenvalue weighted by atomic mass is 32.1. The van der Waals surface area contributed by atoms with Crippen molar-refractivity contribution in [2.75, 3.05) is 13.2 Å². The molecule has 0 bridgehead atoms. The molecule has 0 atom stereocenters. The average Bonchev–Trinajstić information content (AvgIpc) is 3.08. The van der Waals surface area contributed by atoms with Gasteiger partial charge in [0.2, 0.25) is 0 Å². The molecule has 0 aliphatic heterocycles. The zero-order chi connectivity index (χ0) is 15.0. The zero-order valence-electron chi connectivity index (χ0n) is 11.4. The van der Waals surface area contributed by atoms with Crippen molar-refractivity contribution >= 4 is 64.7 Å². The lowest BCUT2D eigenvalue weighted by Gasteiger charge is -1.97. The third kappa shape index (κ3) is 2.45. The Labute approximate surface area is 132 Å². The summed E-state index contributed by atoms with van der Waals surface area (Å²) in [6, 6.07) is 1.84. The van der Waals surface area contributed by atoms with Crippen molar-refractivity contribution < 1.29 is 19.1 Å². The van der Waals surface area contributed by atoms with Crippen LogP contribution in [-0.2, 0) is 9.47 Å². The first kappa shape index (κ1) is 14.5. The van der Waals surface area contributed by atoms with Crippen LogP contribution < -0.4 is 0 Å². The van der Waals surface area contributed by atoms with Gasteiger partial charge in [-0.2, -0.15) is 0 Å². The molecule has 0 aliphatic carbocycles. The zero-order valence-corrected chi connectivity index (χ0v) is 13.9. The third-order valence-electron chi connectivity index (χ3n) is 2.83. The van der Waals surface area contributed by atoms with Crippen LogP contribution in [0.25, 0.3) is 18.8 Å². The molecule has 0 saturated heterocycles. The van der Waals surface area contributed by atoms with Gasteiger partial charge in [-0.15, -0.1) is 34.0 Å². The maximum absolute atomic E-state index is 11.9. The lowest BCUT2D eigenvalue weighted by Crippen LogP contribution is -2.02. The van der Waals surface area contributed by atoms with E-state index in [4.69, 9.17) is 9.47 Å². The van der Waals surface area contributed by atoms with Crippen LogP contribution in [0.5, 0.6) is 0 Å². The molecule has 3 aromatic heterocycles. The van der Waals surface area contributed by atoms with Gasteiger partial charge in [0.15, 0.2) is 0 Å². The summed E-state index contributed by atoms with van der Waals surface area (Å²) in [5, 5.41) is 1.82. The molecular formula is C14H12O4S3. The first-order valence-electron chi connectivity index (χ1n) is 6.43. The van der Waals surface area contributed by atoms with E-state index >= 15 is 0 Å². The Kier molecular flexibility index (Phi) is 3.97. The SMILES string of the molecule is CCOC(=O)c1cc2sc3c(C(=O)OCC)csc3c2s1. The van der Waals surface area contributed by atoms with E-state index in [0.29, 0.717) is 23.7 Å². The summed E-state index contributed by atoms with van der Waals surface area (Å²) in [5.74, 6) is -0.579. The fourth-order valence-corrected chi connectivity index (χ4v) is 5.86. The number of carbonyl (C=O) groups excluding carboxylic acids is 2. The van der Waals surface area contributed by atoms with Gasteiger partial charge in [-0.3, -0.25) is 0 Å². The Hall–Kier alpha value is -1.44. The largest absolute Gasteiger partial charge is 0.462 e. The van der Waals surface area contributed by atoms with Gasteiger partial charge < -0.3 is 9.47 Å². The average molecular weight is 340 g/mol. The summed E-state index contributed by atoms with van der Waals surface area (Å²) in [4.78, 5) is 24.3. The fraction of sp³-hybridized carbons (Fsp3) is 0.286. The Morgan fingerprint density at radius 1 is 1.00 bits per heavy atom. The predicted octanol–water partition coefficient (Wildman–Crippen LogP) is 4.53. The first-order valence-corrected chi connectivity index (χ1v) is 8.94. The second kappa shape index (κ2) is 5.75. The maximum Gasteiger partial charge on any atom is 0.348 e. The fourth-order valence-electron chi connectivity index (χ4n) is 1.98. The van der Waals surface area contributed by atoms with E-state index in [-0.39, 0.29) is 11.9 Å². The van der Waals surface area contributed by atoms with Crippen molar-refractivity contribution in [1.29, 1.82) is 0 Å². The van der Waals surface area contributed by atoms with E-state index in [0.717, 1.165) is 18.8 Å². The van der Waals surface area contributed by atoms with Crippen LogP contribution in [0.3, 0.4) is 0 Å². The standard InChI is InChI=1S/C14H12O4S3/c1-3-17-13(15)7-6-19-12-10(7)20-8-5-9(21-11(8)12)14(16)18-4-2/h5-6H,3-4H2,1-2H3. The minimum absolute atomic E-state index is 0.289. The molecule has 0 saturated carbocycles. The smallest absolute Gasteiger partial charge is 0.348 e. The molecular weight excluding hydrogens is 328 g/mol. The molecule has 3 aromatic rings. The van der Waals surface area contributed by atoms with Gasteiger partial charge in [0.05, 0.1) is 32.9 Å². The highest BCUT2D eigenvalue weighted by molar-refractivity contribution is 7.38. The number of ether oxygens (including phenoxy) is 2. The van der Waals surface area contributed by atoms with E-state index in [2.05, 4.69) is 0 Å². The van der Waals surface area contributed by atoms with Crippen LogP contribution in [-0.4, -0.2) is 25.2 Å². The molecule has 0 amide bonds. The van der Waals surface area contributed by atoms with Crippen LogP contribution in [0.15, 0.2) is 11.4 Å². The summed E-state index contributed by atoms with van der Waals surface area (Å²) >= 11 is 4.44. The van der Waals surface area contributed by atoms with Crippen LogP contribution in [0.2, 0.25) is 0 Å². The van der Waals surface area contributed by atoms with Gasteiger partial charge in [0.1, 0.15) is 4.88 Å². The highest BCUT2D eigenvalue weighted by Gasteiger charge is 2.21. The second-order valence-electron chi connectivity index (χ2n) is 4.15. The summed E-state index contributed by atoms with van der Waals surface area (Å²) in [6.45, 7) is 4.31. The summed E-state index contributed by atoms with van der Waals surface area (Å²) in [6.07, 6.45) is 0. The number of hydrogen-bond acceptors (Lipinski definition) is 7. The van der Waals surface area contributed by atoms with Crippen LogP contribution >= 0.6 is 34.0 Å². The van der Waals surface area contributed by atoms with Crippen molar-refractivity contribution in [3.8, 4) is 0 Å². The summed E-state index contributed by atoms with van der Waals surface area (Å²) in [5.41, 5.74) is 0.614. The van der Waals surface area contributed by atoms with Crippen molar-refractivity contribution in [3.63, 3.8) is 0 Å². The van der Waals surface area contributed by atoms with E-state index in [9.17, 15) is 9.59 Å². The van der Waals surface area contributed by atoms with Crippen LogP contribution in [0.1, 0.15) is 33.9 Å². The molecule has 0 radical (unpaired) electrons. The van der Waals surface area contributed by atoms with Crippen molar-refractivity contribution in [2.24, 2.45) is 0 Å². The molecule has 7 heteroatoms. The predicted molar refractivity (Wildman–Crippen MR) is 87.0 cm³/mol. The topological polar surface area (TPSA) is 52.6 Å². The maximum atomic E-state index is 11.9. The molecule has 110 valence electrons. The molecule has 4 nitrogen and oxygen atoms in total. The Balaban J connectivity index is 2.05. The normalized spacial score (nSPS) is 11.1. The minimum atomic E-state index is -0.291. The number of esters is 2. The molecule has 0 aromatic carbocycles. The Morgan fingerprint density at radius 2 is 1.71 bits per heavy atom. The number of carbonyl (C=O) groups is 2. The first-order chi connectivity index (χ1) is 10.2. The number of rotatable bonds is 4. The van der Waals surface area contributed by atoms with Crippen LogP contribution in [0, 0.1) is 0 Å².